The summed E-state index contributed by atoms with van der Waals surface area (Å²) in [5, 5.41) is 0.165. The average molecular weight is 252 g/mol. The van der Waals surface area contributed by atoms with Crippen molar-refractivity contribution in [2.24, 2.45) is 0 Å². The molecule has 0 unspecified atom stereocenters. The van der Waals surface area contributed by atoms with E-state index < -0.39 is 24.2 Å². The number of halogens is 4. The molecule has 1 aromatic heterocycles. The Morgan fingerprint density at radius 1 is 1.38 bits per heavy atom. The molecule has 0 fully saturated rings. The lowest BCUT2D eigenvalue weighted by molar-refractivity contribution is -0.170. The molecule has 0 aliphatic rings. The van der Waals surface area contributed by atoms with Gasteiger partial charge in [0.2, 0.25) is 5.78 Å². The van der Waals surface area contributed by atoms with Gasteiger partial charge in [-0.05, 0) is 12.1 Å². The van der Waals surface area contributed by atoms with E-state index in [0.717, 1.165) is 6.07 Å². The fourth-order valence-electron chi connectivity index (χ4n) is 0.894. The van der Waals surface area contributed by atoms with Crippen molar-refractivity contribution in [3.05, 3.63) is 29.0 Å². The highest BCUT2D eigenvalue weighted by molar-refractivity contribution is 6.31. The largest absolute Gasteiger partial charge is 0.450 e. The molecule has 0 N–H and O–H groups in total. The van der Waals surface area contributed by atoms with Crippen LogP contribution in [0, 0.1) is 0 Å². The molecule has 0 saturated carbocycles. The van der Waals surface area contributed by atoms with Crippen molar-refractivity contribution < 1.29 is 22.8 Å². The molecule has 0 amide bonds. The quantitative estimate of drug-likeness (QED) is 0.612. The summed E-state index contributed by atoms with van der Waals surface area (Å²) in [5.74, 6) is -3.11. The lowest BCUT2D eigenvalue weighted by Crippen LogP contribution is -2.25. The number of carbonyl (C=O) groups excluding carboxylic acids is 2. The molecular formula is C9H5ClF3NO2. The van der Waals surface area contributed by atoms with Crippen LogP contribution in [-0.4, -0.2) is 22.7 Å². The van der Waals surface area contributed by atoms with Crippen molar-refractivity contribution in [1.82, 2.24) is 4.98 Å². The molecule has 1 rings (SSSR count). The summed E-state index contributed by atoms with van der Waals surface area (Å²) in [7, 11) is 0. The van der Waals surface area contributed by atoms with E-state index >= 15 is 0 Å². The monoisotopic (exact) mass is 251 g/mol. The van der Waals surface area contributed by atoms with Gasteiger partial charge in [0.05, 0.1) is 6.42 Å². The lowest BCUT2D eigenvalue weighted by Gasteiger charge is -2.03. The fraction of sp³-hybridized carbons (Fsp3) is 0.222. The topological polar surface area (TPSA) is 47.0 Å². The summed E-state index contributed by atoms with van der Waals surface area (Å²) >= 11 is 5.52. The second-order valence-corrected chi connectivity index (χ2v) is 3.32. The number of aromatic nitrogens is 1. The van der Waals surface area contributed by atoms with Crippen molar-refractivity contribution in [3.63, 3.8) is 0 Å². The molecule has 0 aliphatic heterocycles. The third kappa shape index (κ3) is 3.30. The summed E-state index contributed by atoms with van der Waals surface area (Å²) < 4.78 is 35.6. The van der Waals surface area contributed by atoms with Gasteiger partial charge < -0.3 is 0 Å². The Kier molecular flexibility index (Phi) is 3.64. The zero-order chi connectivity index (χ0) is 12.3. The van der Waals surface area contributed by atoms with Gasteiger partial charge in [-0.2, -0.15) is 13.2 Å². The fourth-order valence-corrected chi connectivity index (χ4v) is 1.05. The molecule has 1 aromatic rings. The van der Waals surface area contributed by atoms with Crippen molar-refractivity contribution in [3.8, 4) is 0 Å². The summed E-state index contributed by atoms with van der Waals surface area (Å²) in [6, 6.07) is 2.47. The van der Waals surface area contributed by atoms with E-state index in [-0.39, 0.29) is 10.7 Å². The number of carbonyl (C=O) groups is 2. The number of nitrogens with zero attached hydrogens (tertiary/aromatic N) is 1. The third-order valence-electron chi connectivity index (χ3n) is 1.64. The van der Waals surface area contributed by atoms with Gasteiger partial charge in [-0.25, -0.2) is 0 Å². The number of Topliss-reactive ketones (excluding diaryl/α,β-unsaturated/α-hetero) is 2. The van der Waals surface area contributed by atoms with Gasteiger partial charge >= 0.3 is 6.18 Å². The first-order valence-electron chi connectivity index (χ1n) is 4.05. The smallest absolute Gasteiger partial charge is 0.292 e. The molecule has 86 valence electrons. The van der Waals surface area contributed by atoms with E-state index in [1.165, 1.54) is 12.3 Å². The highest BCUT2D eigenvalue weighted by Crippen LogP contribution is 2.19. The van der Waals surface area contributed by atoms with Gasteiger partial charge in [0.15, 0.2) is 5.78 Å². The number of ketones is 2. The standard InChI is InChI=1S/C9H5ClF3NO2/c10-5-1-2-14-6(3-5)7(15)4-8(16)9(11,12)13/h1-3H,4H2. The molecule has 7 heteroatoms. The lowest BCUT2D eigenvalue weighted by atomic mass is 10.1. The predicted molar refractivity (Wildman–Crippen MR) is 49.3 cm³/mol. The third-order valence-corrected chi connectivity index (χ3v) is 1.88. The van der Waals surface area contributed by atoms with Crippen LogP contribution in [0.2, 0.25) is 5.02 Å². The maximum absolute atomic E-state index is 11.9. The van der Waals surface area contributed by atoms with E-state index in [9.17, 15) is 22.8 Å². The second kappa shape index (κ2) is 4.61. The normalized spacial score (nSPS) is 11.2. The zero-order valence-corrected chi connectivity index (χ0v) is 8.47. The van der Waals surface area contributed by atoms with E-state index in [4.69, 9.17) is 11.6 Å². The van der Waals surface area contributed by atoms with Gasteiger partial charge in [-0.15, -0.1) is 0 Å². The summed E-state index contributed by atoms with van der Waals surface area (Å²) in [4.78, 5) is 25.3. The van der Waals surface area contributed by atoms with Crippen LogP contribution < -0.4 is 0 Å². The summed E-state index contributed by atoms with van der Waals surface area (Å²) in [6.07, 6.45) is -5.08. The minimum atomic E-state index is -5.01. The molecule has 3 nitrogen and oxygen atoms in total. The number of alkyl halides is 3. The van der Waals surface area contributed by atoms with Crippen LogP contribution in [0.4, 0.5) is 13.2 Å². The van der Waals surface area contributed by atoms with Crippen molar-refractivity contribution in [2.75, 3.05) is 0 Å². The Hall–Kier alpha value is -1.43. The van der Waals surface area contributed by atoms with E-state index in [1.807, 2.05) is 0 Å². The first-order chi connectivity index (χ1) is 7.30. The van der Waals surface area contributed by atoms with E-state index in [0.29, 0.717) is 0 Å². The predicted octanol–water partition coefficient (Wildman–Crippen LogP) is 2.44. The van der Waals surface area contributed by atoms with Crippen LogP contribution in [0.5, 0.6) is 0 Å². The second-order valence-electron chi connectivity index (χ2n) is 2.88. The molecular weight excluding hydrogens is 247 g/mol. The Balaban J connectivity index is 2.78. The van der Waals surface area contributed by atoms with Gasteiger partial charge in [-0.3, -0.25) is 14.6 Å². The molecule has 16 heavy (non-hydrogen) atoms. The number of rotatable bonds is 3. The number of hydrogen-bond donors (Lipinski definition) is 0. The summed E-state index contributed by atoms with van der Waals surface area (Å²) in [5.41, 5.74) is -0.259. The maximum atomic E-state index is 11.9. The maximum Gasteiger partial charge on any atom is 0.450 e. The van der Waals surface area contributed by atoms with Crippen LogP contribution in [0.3, 0.4) is 0 Å². The van der Waals surface area contributed by atoms with Gasteiger partial charge in [0.1, 0.15) is 5.69 Å². The Bertz CT molecular complexity index is 431. The first kappa shape index (κ1) is 12.6. The zero-order valence-electron chi connectivity index (χ0n) is 7.71. The van der Waals surface area contributed by atoms with Gasteiger partial charge in [0.25, 0.3) is 0 Å². The molecule has 0 bridgehead atoms. The molecule has 0 aromatic carbocycles. The van der Waals surface area contributed by atoms with Crippen molar-refractivity contribution in [1.29, 1.82) is 0 Å². The van der Waals surface area contributed by atoms with Crippen LogP contribution >= 0.6 is 11.6 Å². The molecule has 0 radical (unpaired) electrons. The van der Waals surface area contributed by atoms with Crippen LogP contribution in [0.25, 0.3) is 0 Å². The Labute approximate surface area is 93.2 Å². The van der Waals surface area contributed by atoms with Crippen LogP contribution in [-0.2, 0) is 4.79 Å². The minimum Gasteiger partial charge on any atom is -0.292 e. The Morgan fingerprint density at radius 3 is 2.50 bits per heavy atom. The molecule has 1 heterocycles. The van der Waals surface area contributed by atoms with E-state index in [2.05, 4.69) is 4.98 Å². The molecule has 0 aliphatic carbocycles. The SMILES string of the molecule is O=C(CC(=O)C(F)(F)F)c1cc(Cl)ccn1. The van der Waals surface area contributed by atoms with E-state index in [1.54, 1.807) is 0 Å². The molecule has 0 spiro atoms. The minimum absolute atomic E-state index is 0.165. The molecule has 0 saturated heterocycles. The first-order valence-corrected chi connectivity index (χ1v) is 4.43. The average Bonchev–Trinajstić information content (AvgIpc) is 2.16. The Morgan fingerprint density at radius 2 is 2.00 bits per heavy atom. The highest BCUT2D eigenvalue weighted by Gasteiger charge is 2.39. The molecule has 0 atom stereocenters. The summed E-state index contributed by atoms with van der Waals surface area (Å²) in [6.45, 7) is 0. The van der Waals surface area contributed by atoms with Gasteiger partial charge in [0, 0.05) is 11.2 Å². The van der Waals surface area contributed by atoms with Crippen molar-refractivity contribution in [2.45, 2.75) is 12.6 Å². The van der Waals surface area contributed by atoms with Gasteiger partial charge in [-0.1, -0.05) is 11.6 Å². The van der Waals surface area contributed by atoms with Crippen LogP contribution in [0.15, 0.2) is 18.3 Å². The van der Waals surface area contributed by atoms with Crippen molar-refractivity contribution >= 4 is 23.2 Å². The number of pyridine rings is 1. The van der Waals surface area contributed by atoms with Crippen LogP contribution in [0.1, 0.15) is 16.9 Å². The number of hydrogen-bond acceptors (Lipinski definition) is 3. The highest BCUT2D eigenvalue weighted by atomic mass is 35.5.